The molecule has 0 saturated carbocycles. The number of benzene rings is 2. The van der Waals surface area contributed by atoms with E-state index in [0.29, 0.717) is 50.8 Å². The Morgan fingerprint density at radius 1 is 1.00 bits per heavy atom. The van der Waals surface area contributed by atoms with Crippen LogP contribution in [0.15, 0.2) is 74.7 Å². The van der Waals surface area contributed by atoms with Crippen molar-refractivity contribution in [1.29, 1.82) is 0 Å². The van der Waals surface area contributed by atoms with E-state index in [1.807, 2.05) is 54.0 Å². The number of furan rings is 1. The van der Waals surface area contributed by atoms with Gasteiger partial charge in [0.25, 0.3) is 5.56 Å². The molecule has 9 heteroatoms. The molecule has 1 atom stereocenters. The lowest BCUT2D eigenvalue weighted by molar-refractivity contribution is 0.0526. The molecule has 4 heterocycles. The predicted molar refractivity (Wildman–Crippen MR) is 141 cm³/mol. The molecule has 3 aromatic heterocycles. The van der Waals surface area contributed by atoms with Gasteiger partial charge >= 0.3 is 11.7 Å². The molecular weight excluding hydrogens is 486 g/mol. The summed E-state index contributed by atoms with van der Waals surface area (Å²) < 4.78 is 22.2. The third-order valence-electron chi connectivity index (χ3n) is 6.88. The third kappa shape index (κ3) is 3.35. The van der Waals surface area contributed by atoms with Gasteiger partial charge in [0.15, 0.2) is 11.9 Å². The number of ether oxygens (including phenoxy) is 2. The number of fused-ring (bicyclic) bond motifs is 5. The van der Waals surface area contributed by atoms with Crippen molar-refractivity contribution >= 4 is 16.9 Å². The summed E-state index contributed by atoms with van der Waals surface area (Å²) >= 11 is 0. The van der Waals surface area contributed by atoms with E-state index in [9.17, 15) is 14.4 Å². The smallest absolute Gasteiger partial charge is 0.338 e. The van der Waals surface area contributed by atoms with Gasteiger partial charge in [0.2, 0.25) is 0 Å². The van der Waals surface area contributed by atoms with E-state index in [1.54, 1.807) is 32.2 Å². The average Bonchev–Trinajstić information content (AvgIpc) is 3.52. The van der Waals surface area contributed by atoms with Crippen LogP contribution in [0.1, 0.15) is 40.6 Å². The fourth-order valence-electron chi connectivity index (χ4n) is 5.16. The quantitative estimate of drug-likeness (QED) is 0.335. The Hall–Kier alpha value is -4.79. The standard InChI is InChI=1S/C29H25N3O6/c1-5-36-28(34)18-12-14-20-19(15-18)32-23(17-9-7-6-8-10-17)22-24(30(3)29(35)31(4)27(22)33)25(32)26(38-20)21-13-11-16(2)37-21/h6-15,26H,5H2,1-4H3. The van der Waals surface area contributed by atoms with Gasteiger partial charge in [0.1, 0.15) is 11.5 Å². The zero-order valence-corrected chi connectivity index (χ0v) is 21.3. The molecule has 0 fully saturated rings. The highest BCUT2D eigenvalue weighted by Gasteiger charge is 2.38. The predicted octanol–water partition coefficient (Wildman–Crippen LogP) is 4.25. The van der Waals surface area contributed by atoms with E-state index < -0.39 is 23.3 Å². The summed E-state index contributed by atoms with van der Waals surface area (Å²) in [7, 11) is 3.10. The minimum atomic E-state index is -0.762. The second-order valence-electron chi connectivity index (χ2n) is 9.21. The molecule has 0 saturated heterocycles. The minimum absolute atomic E-state index is 0.235. The second kappa shape index (κ2) is 8.65. The number of rotatable bonds is 4. The summed E-state index contributed by atoms with van der Waals surface area (Å²) in [5.74, 6) is 1.24. The molecule has 9 nitrogen and oxygen atoms in total. The van der Waals surface area contributed by atoms with Gasteiger partial charge in [-0.1, -0.05) is 30.3 Å². The Labute approximate surface area is 217 Å². The van der Waals surface area contributed by atoms with E-state index in [-0.39, 0.29) is 6.61 Å². The molecule has 0 spiro atoms. The lowest BCUT2D eigenvalue weighted by Gasteiger charge is -2.29. The number of esters is 1. The number of nitrogens with zero attached hydrogens (tertiary/aromatic N) is 3. The summed E-state index contributed by atoms with van der Waals surface area (Å²) in [6.45, 7) is 3.82. The van der Waals surface area contributed by atoms with E-state index in [1.165, 1.54) is 11.6 Å². The van der Waals surface area contributed by atoms with Gasteiger partial charge in [-0.3, -0.25) is 13.9 Å². The van der Waals surface area contributed by atoms with Crippen LogP contribution in [0.25, 0.3) is 27.8 Å². The van der Waals surface area contributed by atoms with Crippen molar-refractivity contribution < 1.29 is 18.7 Å². The molecule has 0 amide bonds. The first-order valence-electron chi connectivity index (χ1n) is 12.3. The summed E-state index contributed by atoms with van der Waals surface area (Å²) in [4.78, 5) is 39.5. The maximum absolute atomic E-state index is 13.7. The number of carbonyl (C=O) groups excluding carboxylic acids is 1. The van der Waals surface area contributed by atoms with Gasteiger partial charge < -0.3 is 18.5 Å². The van der Waals surface area contributed by atoms with Gasteiger partial charge in [-0.2, -0.15) is 0 Å². The molecule has 5 aromatic rings. The summed E-state index contributed by atoms with van der Waals surface area (Å²) in [5, 5.41) is 0.363. The Kier molecular flexibility index (Phi) is 5.37. The van der Waals surface area contributed by atoms with Gasteiger partial charge in [-0.05, 0) is 49.7 Å². The molecule has 1 aliphatic heterocycles. The second-order valence-corrected chi connectivity index (χ2v) is 9.21. The molecule has 0 bridgehead atoms. The maximum atomic E-state index is 13.7. The fraction of sp³-hybridized carbons (Fsp3) is 0.207. The fourth-order valence-corrected chi connectivity index (χ4v) is 5.16. The van der Waals surface area contributed by atoms with Crippen molar-refractivity contribution in [1.82, 2.24) is 13.7 Å². The monoisotopic (exact) mass is 511 g/mol. The number of carbonyl (C=O) groups is 1. The van der Waals surface area contributed by atoms with E-state index in [4.69, 9.17) is 13.9 Å². The van der Waals surface area contributed by atoms with Crippen molar-refractivity contribution in [3.05, 3.63) is 104 Å². The topological polar surface area (TPSA) is 97.6 Å². The SMILES string of the molecule is CCOC(=O)c1ccc2c(c1)-n1c(-c3ccccc3)c3c(=O)n(C)c(=O)n(C)c3c1C(c1ccc(C)o1)O2. The number of aryl methyl sites for hydroxylation is 2. The van der Waals surface area contributed by atoms with Crippen LogP contribution in [-0.2, 0) is 18.8 Å². The van der Waals surface area contributed by atoms with E-state index in [2.05, 4.69) is 0 Å². The number of hydrogen-bond donors (Lipinski definition) is 0. The molecule has 1 unspecified atom stereocenters. The highest BCUT2D eigenvalue weighted by Crippen LogP contribution is 2.47. The lowest BCUT2D eigenvalue weighted by Crippen LogP contribution is -2.37. The molecule has 0 N–H and O–H groups in total. The van der Waals surface area contributed by atoms with Crippen molar-refractivity contribution in [3.8, 4) is 22.7 Å². The van der Waals surface area contributed by atoms with Crippen LogP contribution in [0.3, 0.4) is 0 Å². The van der Waals surface area contributed by atoms with Gasteiger partial charge in [-0.25, -0.2) is 9.59 Å². The van der Waals surface area contributed by atoms with Gasteiger partial charge in [0.05, 0.1) is 40.1 Å². The molecule has 2 aromatic carbocycles. The Morgan fingerprint density at radius 3 is 2.45 bits per heavy atom. The van der Waals surface area contributed by atoms with Crippen LogP contribution < -0.4 is 16.0 Å². The number of hydrogen-bond acceptors (Lipinski definition) is 6. The van der Waals surface area contributed by atoms with Crippen molar-refractivity contribution in [3.63, 3.8) is 0 Å². The average molecular weight is 512 g/mol. The highest BCUT2D eigenvalue weighted by atomic mass is 16.5. The molecule has 6 rings (SSSR count). The summed E-state index contributed by atoms with van der Waals surface area (Å²) in [6, 6.07) is 18.2. The first kappa shape index (κ1) is 23.6. The van der Waals surface area contributed by atoms with E-state index >= 15 is 0 Å². The highest BCUT2D eigenvalue weighted by molar-refractivity contribution is 5.99. The van der Waals surface area contributed by atoms with Crippen LogP contribution in [-0.4, -0.2) is 26.3 Å². The maximum Gasteiger partial charge on any atom is 0.338 e. The van der Waals surface area contributed by atoms with Crippen LogP contribution in [0.4, 0.5) is 0 Å². The molecular formula is C29H25N3O6. The summed E-state index contributed by atoms with van der Waals surface area (Å²) in [5.41, 5.74) is 2.34. The molecule has 0 radical (unpaired) electrons. The zero-order chi connectivity index (χ0) is 26.7. The third-order valence-corrected chi connectivity index (χ3v) is 6.88. The first-order valence-corrected chi connectivity index (χ1v) is 12.3. The molecule has 38 heavy (non-hydrogen) atoms. The normalized spacial score (nSPS) is 14.2. The largest absolute Gasteiger partial charge is 0.474 e. The van der Waals surface area contributed by atoms with Crippen LogP contribution in [0.5, 0.6) is 5.75 Å². The van der Waals surface area contributed by atoms with Crippen LogP contribution >= 0.6 is 0 Å². The van der Waals surface area contributed by atoms with Crippen molar-refractivity contribution in [2.24, 2.45) is 14.1 Å². The molecule has 0 aliphatic carbocycles. The minimum Gasteiger partial charge on any atom is -0.474 e. The van der Waals surface area contributed by atoms with Crippen molar-refractivity contribution in [2.45, 2.75) is 20.0 Å². The summed E-state index contributed by atoms with van der Waals surface area (Å²) in [6.07, 6.45) is -0.762. The van der Waals surface area contributed by atoms with Crippen LogP contribution in [0.2, 0.25) is 0 Å². The van der Waals surface area contributed by atoms with Gasteiger partial charge in [-0.15, -0.1) is 0 Å². The molecule has 192 valence electrons. The van der Waals surface area contributed by atoms with E-state index in [0.717, 1.165) is 10.1 Å². The van der Waals surface area contributed by atoms with Crippen LogP contribution in [0, 0.1) is 6.92 Å². The lowest BCUT2D eigenvalue weighted by atomic mass is 10.1. The first-order chi connectivity index (χ1) is 18.3. The Morgan fingerprint density at radius 2 is 1.76 bits per heavy atom. The molecule has 1 aliphatic rings. The zero-order valence-electron chi connectivity index (χ0n) is 21.3. The van der Waals surface area contributed by atoms with Gasteiger partial charge in [0, 0.05) is 14.1 Å². The Balaban J connectivity index is 1.82. The Bertz CT molecular complexity index is 1860. The van der Waals surface area contributed by atoms with Crippen molar-refractivity contribution in [2.75, 3.05) is 6.61 Å². The number of aromatic nitrogens is 3.